The lowest BCUT2D eigenvalue weighted by molar-refractivity contribution is 0.975. The van der Waals surface area contributed by atoms with Gasteiger partial charge in [-0.15, -0.1) is 0 Å². The van der Waals surface area contributed by atoms with Gasteiger partial charge in [-0.1, -0.05) is 30.3 Å². The first-order chi connectivity index (χ1) is 8.88. The third-order valence-electron chi connectivity index (χ3n) is 3.02. The van der Waals surface area contributed by atoms with Crippen molar-refractivity contribution in [2.45, 2.75) is 6.92 Å². The zero-order chi connectivity index (χ0) is 12.4. The Bertz CT molecular complexity index is 610. The standard InChI is InChI=1S/C15H15N3/c1-2-18(12-8-4-3-5-9-12)15-16-13-10-6-7-11-14(13)17-15/h3-11H,2H2,1H3,(H,16,17). The van der Waals surface area contributed by atoms with Crippen molar-refractivity contribution in [3.63, 3.8) is 0 Å². The Labute approximate surface area is 106 Å². The molecule has 0 fully saturated rings. The molecule has 0 saturated heterocycles. The van der Waals surface area contributed by atoms with E-state index in [4.69, 9.17) is 0 Å². The summed E-state index contributed by atoms with van der Waals surface area (Å²) >= 11 is 0. The van der Waals surface area contributed by atoms with Gasteiger partial charge in [0.2, 0.25) is 5.95 Å². The van der Waals surface area contributed by atoms with E-state index in [1.807, 2.05) is 42.5 Å². The number of rotatable bonds is 3. The Morgan fingerprint density at radius 2 is 1.72 bits per heavy atom. The molecule has 1 N–H and O–H groups in total. The minimum Gasteiger partial charge on any atom is -0.324 e. The molecule has 3 nitrogen and oxygen atoms in total. The second-order valence-corrected chi connectivity index (χ2v) is 4.16. The molecule has 0 bridgehead atoms. The number of benzene rings is 2. The smallest absolute Gasteiger partial charge is 0.208 e. The van der Waals surface area contributed by atoms with Gasteiger partial charge < -0.3 is 9.88 Å². The van der Waals surface area contributed by atoms with Crippen LogP contribution in [0.25, 0.3) is 11.0 Å². The molecule has 0 radical (unpaired) electrons. The molecule has 0 aliphatic rings. The zero-order valence-corrected chi connectivity index (χ0v) is 10.3. The molecule has 0 aliphatic heterocycles. The average Bonchev–Trinajstić information content (AvgIpc) is 2.84. The van der Waals surface area contributed by atoms with Crippen molar-refractivity contribution in [1.29, 1.82) is 0 Å². The maximum absolute atomic E-state index is 4.63. The fraction of sp³-hybridized carbons (Fsp3) is 0.133. The monoisotopic (exact) mass is 237 g/mol. The SMILES string of the molecule is CCN(c1ccccc1)c1nc2ccccc2[nH]1. The van der Waals surface area contributed by atoms with Gasteiger partial charge in [0.15, 0.2) is 0 Å². The summed E-state index contributed by atoms with van der Waals surface area (Å²) in [6, 6.07) is 18.4. The van der Waals surface area contributed by atoms with Gasteiger partial charge in [0, 0.05) is 12.2 Å². The summed E-state index contributed by atoms with van der Waals surface area (Å²) < 4.78 is 0. The van der Waals surface area contributed by atoms with Gasteiger partial charge in [0.25, 0.3) is 0 Å². The van der Waals surface area contributed by atoms with Crippen LogP contribution in [0.4, 0.5) is 11.6 Å². The highest BCUT2D eigenvalue weighted by molar-refractivity contribution is 5.78. The van der Waals surface area contributed by atoms with E-state index in [-0.39, 0.29) is 0 Å². The number of nitrogens with zero attached hydrogens (tertiary/aromatic N) is 2. The molecule has 90 valence electrons. The topological polar surface area (TPSA) is 31.9 Å². The minimum absolute atomic E-state index is 0.879. The number of aromatic nitrogens is 2. The maximum Gasteiger partial charge on any atom is 0.208 e. The minimum atomic E-state index is 0.879. The Balaban J connectivity index is 2.06. The average molecular weight is 237 g/mol. The van der Waals surface area contributed by atoms with Crippen LogP contribution < -0.4 is 4.90 Å². The Hall–Kier alpha value is -2.29. The number of fused-ring (bicyclic) bond motifs is 1. The molecule has 3 rings (SSSR count). The van der Waals surface area contributed by atoms with E-state index in [1.54, 1.807) is 0 Å². The van der Waals surface area contributed by atoms with Crippen molar-refractivity contribution in [3.05, 3.63) is 54.6 Å². The first kappa shape index (κ1) is 10.8. The van der Waals surface area contributed by atoms with Crippen molar-refractivity contribution in [1.82, 2.24) is 9.97 Å². The highest BCUT2D eigenvalue weighted by atomic mass is 15.3. The lowest BCUT2D eigenvalue weighted by Crippen LogP contribution is -2.17. The van der Waals surface area contributed by atoms with E-state index in [2.05, 4.69) is 33.9 Å². The molecule has 0 atom stereocenters. The summed E-state index contributed by atoms with van der Waals surface area (Å²) in [4.78, 5) is 10.2. The van der Waals surface area contributed by atoms with Crippen molar-refractivity contribution in [2.24, 2.45) is 0 Å². The number of anilines is 2. The second kappa shape index (κ2) is 4.53. The fourth-order valence-electron chi connectivity index (χ4n) is 2.13. The number of aromatic amines is 1. The highest BCUT2D eigenvalue weighted by Gasteiger charge is 2.10. The quantitative estimate of drug-likeness (QED) is 0.752. The first-order valence-corrected chi connectivity index (χ1v) is 6.16. The summed E-state index contributed by atoms with van der Waals surface area (Å²) in [6.07, 6.45) is 0. The van der Waals surface area contributed by atoms with Crippen molar-refractivity contribution in [3.8, 4) is 0 Å². The molecule has 3 heteroatoms. The molecule has 0 aliphatic carbocycles. The van der Waals surface area contributed by atoms with E-state index in [0.29, 0.717) is 0 Å². The van der Waals surface area contributed by atoms with Gasteiger partial charge in [-0.2, -0.15) is 0 Å². The molecule has 18 heavy (non-hydrogen) atoms. The maximum atomic E-state index is 4.63. The summed E-state index contributed by atoms with van der Waals surface area (Å²) in [6.45, 7) is 3.00. The van der Waals surface area contributed by atoms with Crippen LogP contribution in [-0.4, -0.2) is 16.5 Å². The highest BCUT2D eigenvalue weighted by Crippen LogP contribution is 2.24. The number of imidazole rings is 1. The summed E-state index contributed by atoms with van der Waals surface area (Å²) in [5.74, 6) is 0.893. The van der Waals surface area contributed by atoms with Crippen molar-refractivity contribution >= 4 is 22.7 Å². The Morgan fingerprint density at radius 3 is 2.44 bits per heavy atom. The molecular weight excluding hydrogens is 222 g/mol. The summed E-state index contributed by atoms with van der Waals surface area (Å²) in [5.41, 5.74) is 3.22. The van der Waals surface area contributed by atoms with Crippen molar-refractivity contribution in [2.75, 3.05) is 11.4 Å². The van der Waals surface area contributed by atoms with E-state index < -0.39 is 0 Å². The molecule has 3 aromatic rings. The van der Waals surface area contributed by atoms with Gasteiger partial charge in [-0.25, -0.2) is 4.98 Å². The molecule has 1 heterocycles. The van der Waals surface area contributed by atoms with E-state index in [9.17, 15) is 0 Å². The van der Waals surface area contributed by atoms with E-state index in [1.165, 1.54) is 0 Å². The predicted octanol–water partition coefficient (Wildman–Crippen LogP) is 3.72. The van der Waals surface area contributed by atoms with Crippen LogP contribution in [0.2, 0.25) is 0 Å². The number of nitrogens with one attached hydrogen (secondary N) is 1. The zero-order valence-electron chi connectivity index (χ0n) is 10.3. The summed E-state index contributed by atoms with van der Waals surface area (Å²) in [7, 11) is 0. The van der Waals surface area contributed by atoms with Crippen LogP contribution in [0.15, 0.2) is 54.6 Å². The van der Waals surface area contributed by atoms with Crippen molar-refractivity contribution < 1.29 is 0 Å². The van der Waals surface area contributed by atoms with E-state index in [0.717, 1.165) is 29.2 Å². The van der Waals surface area contributed by atoms with Gasteiger partial charge in [0.05, 0.1) is 11.0 Å². The molecule has 0 unspecified atom stereocenters. The number of hydrogen-bond donors (Lipinski definition) is 1. The normalized spacial score (nSPS) is 10.7. The Morgan fingerprint density at radius 1 is 1.00 bits per heavy atom. The van der Waals surface area contributed by atoms with Gasteiger partial charge >= 0.3 is 0 Å². The van der Waals surface area contributed by atoms with Gasteiger partial charge in [-0.3, -0.25) is 0 Å². The van der Waals surface area contributed by atoms with Crippen LogP contribution in [0.1, 0.15) is 6.92 Å². The third-order valence-corrected chi connectivity index (χ3v) is 3.02. The summed E-state index contributed by atoms with van der Waals surface area (Å²) in [5, 5.41) is 0. The van der Waals surface area contributed by atoms with Crippen LogP contribution in [0.3, 0.4) is 0 Å². The molecule has 2 aromatic carbocycles. The molecule has 0 saturated carbocycles. The van der Waals surface area contributed by atoms with Crippen LogP contribution >= 0.6 is 0 Å². The number of H-pyrrole nitrogens is 1. The first-order valence-electron chi connectivity index (χ1n) is 6.16. The van der Waals surface area contributed by atoms with Crippen LogP contribution in [0.5, 0.6) is 0 Å². The van der Waals surface area contributed by atoms with Crippen LogP contribution in [0, 0.1) is 0 Å². The number of para-hydroxylation sites is 3. The van der Waals surface area contributed by atoms with Gasteiger partial charge in [-0.05, 0) is 31.2 Å². The lowest BCUT2D eigenvalue weighted by atomic mass is 10.3. The van der Waals surface area contributed by atoms with Crippen LogP contribution in [-0.2, 0) is 0 Å². The lowest BCUT2D eigenvalue weighted by Gasteiger charge is -2.19. The largest absolute Gasteiger partial charge is 0.324 e. The molecule has 0 amide bonds. The Kier molecular flexibility index (Phi) is 2.73. The molecular formula is C15H15N3. The number of hydrogen-bond acceptors (Lipinski definition) is 2. The van der Waals surface area contributed by atoms with Gasteiger partial charge in [0.1, 0.15) is 0 Å². The fourth-order valence-corrected chi connectivity index (χ4v) is 2.13. The van der Waals surface area contributed by atoms with E-state index >= 15 is 0 Å². The predicted molar refractivity (Wildman–Crippen MR) is 75.2 cm³/mol. The third kappa shape index (κ3) is 1.84. The second-order valence-electron chi connectivity index (χ2n) is 4.16. The molecule has 0 spiro atoms. The molecule has 1 aromatic heterocycles.